The number of benzene rings is 3. The van der Waals surface area contributed by atoms with E-state index in [1.54, 1.807) is 11.9 Å². The molecule has 0 fully saturated rings. The van der Waals surface area contributed by atoms with Gasteiger partial charge in [-0.15, -0.1) is 0 Å². The van der Waals surface area contributed by atoms with Crippen LogP contribution in [0.4, 0.5) is 22.7 Å². The van der Waals surface area contributed by atoms with Crippen LogP contribution < -0.4 is 20.4 Å². The Balaban J connectivity index is 1.56. The Kier molecular flexibility index (Phi) is 5.66. The van der Waals surface area contributed by atoms with Crippen molar-refractivity contribution in [1.82, 2.24) is 5.32 Å². The van der Waals surface area contributed by atoms with Gasteiger partial charge in [0.15, 0.2) is 0 Å². The van der Waals surface area contributed by atoms with Gasteiger partial charge in [0.05, 0.1) is 24.5 Å². The first-order chi connectivity index (χ1) is 14.6. The van der Waals surface area contributed by atoms with Crippen molar-refractivity contribution in [2.45, 2.75) is 6.04 Å². The number of anilines is 4. The molecule has 0 radical (unpaired) electrons. The van der Waals surface area contributed by atoms with Crippen LogP contribution in [-0.2, 0) is 9.59 Å². The maximum atomic E-state index is 13.2. The molecule has 1 aliphatic heterocycles. The number of nitrogens with zero attached hydrogens (tertiary/aromatic N) is 2. The predicted molar refractivity (Wildman–Crippen MR) is 120 cm³/mol. The van der Waals surface area contributed by atoms with E-state index in [1.807, 2.05) is 84.9 Å². The van der Waals surface area contributed by atoms with Crippen molar-refractivity contribution >= 4 is 34.6 Å². The van der Waals surface area contributed by atoms with Gasteiger partial charge >= 0.3 is 0 Å². The van der Waals surface area contributed by atoms with Gasteiger partial charge in [-0.2, -0.15) is 0 Å². The molecule has 0 spiro atoms. The first-order valence-electron chi connectivity index (χ1n) is 9.91. The van der Waals surface area contributed by atoms with Crippen LogP contribution in [0, 0.1) is 0 Å². The topological polar surface area (TPSA) is 64.7 Å². The lowest BCUT2D eigenvalue weighted by atomic mass is 10.2. The minimum Gasteiger partial charge on any atom is -0.376 e. The van der Waals surface area contributed by atoms with E-state index in [2.05, 4.69) is 15.5 Å². The van der Waals surface area contributed by atoms with Crippen LogP contribution in [0.25, 0.3) is 0 Å². The zero-order chi connectivity index (χ0) is 20.9. The third-order valence-electron chi connectivity index (χ3n) is 5.16. The standard InChI is InChI=1S/C24H24N4O2/c1-27-21-14-8-9-15-22(21)28(19-12-6-3-7-13-19)17-20(24(27)30)26-23(29)16-25-18-10-4-2-5-11-18/h2-15,20,25H,16-17H2,1H3,(H,26,29)/t20-/m0/s1. The average molecular weight is 400 g/mol. The summed E-state index contributed by atoms with van der Waals surface area (Å²) < 4.78 is 0. The summed E-state index contributed by atoms with van der Waals surface area (Å²) in [6.07, 6.45) is 0. The first kappa shape index (κ1) is 19.5. The van der Waals surface area contributed by atoms with E-state index >= 15 is 0 Å². The minimum atomic E-state index is -0.673. The summed E-state index contributed by atoms with van der Waals surface area (Å²) in [6, 6.07) is 26.5. The molecule has 6 nitrogen and oxygen atoms in total. The lowest BCUT2D eigenvalue weighted by Crippen LogP contribution is -2.52. The molecule has 30 heavy (non-hydrogen) atoms. The van der Waals surface area contributed by atoms with Crippen LogP contribution in [0.3, 0.4) is 0 Å². The van der Waals surface area contributed by atoms with Gasteiger partial charge in [-0.1, -0.05) is 48.5 Å². The molecule has 0 saturated carbocycles. The highest BCUT2D eigenvalue weighted by molar-refractivity contribution is 6.04. The molecule has 1 heterocycles. The zero-order valence-corrected chi connectivity index (χ0v) is 16.8. The Morgan fingerprint density at radius 2 is 1.50 bits per heavy atom. The number of rotatable bonds is 5. The molecule has 1 atom stereocenters. The largest absolute Gasteiger partial charge is 0.376 e. The third kappa shape index (κ3) is 4.12. The number of carbonyl (C=O) groups is 2. The molecule has 0 saturated heterocycles. The van der Waals surface area contributed by atoms with Gasteiger partial charge in [0, 0.05) is 18.4 Å². The molecule has 1 aliphatic rings. The van der Waals surface area contributed by atoms with E-state index in [0.29, 0.717) is 6.54 Å². The third-order valence-corrected chi connectivity index (χ3v) is 5.16. The van der Waals surface area contributed by atoms with Crippen molar-refractivity contribution in [3.63, 3.8) is 0 Å². The van der Waals surface area contributed by atoms with Crippen LogP contribution >= 0.6 is 0 Å². The predicted octanol–water partition coefficient (Wildman–Crippen LogP) is 3.40. The molecule has 3 aromatic rings. The van der Waals surface area contributed by atoms with Crippen LogP contribution in [0.15, 0.2) is 84.9 Å². The number of amides is 2. The maximum Gasteiger partial charge on any atom is 0.251 e. The minimum absolute atomic E-state index is 0.0930. The Bertz CT molecular complexity index is 1020. The highest BCUT2D eigenvalue weighted by atomic mass is 16.2. The van der Waals surface area contributed by atoms with Crippen molar-refractivity contribution in [2.24, 2.45) is 0 Å². The summed E-state index contributed by atoms with van der Waals surface area (Å²) in [5, 5.41) is 5.99. The number of carbonyl (C=O) groups excluding carboxylic acids is 2. The number of hydrogen-bond donors (Lipinski definition) is 2. The summed E-state index contributed by atoms with van der Waals surface area (Å²) in [4.78, 5) is 29.5. The summed E-state index contributed by atoms with van der Waals surface area (Å²) in [5.41, 5.74) is 3.56. The van der Waals surface area contributed by atoms with Gasteiger partial charge in [-0.05, 0) is 36.4 Å². The highest BCUT2D eigenvalue weighted by Crippen LogP contribution is 2.36. The second kappa shape index (κ2) is 8.69. The van der Waals surface area contributed by atoms with Crippen molar-refractivity contribution in [2.75, 3.05) is 35.3 Å². The normalized spacial score (nSPS) is 15.9. The summed E-state index contributed by atoms with van der Waals surface area (Å²) >= 11 is 0. The molecule has 0 aromatic heterocycles. The first-order valence-corrected chi connectivity index (χ1v) is 9.91. The molecule has 2 amide bonds. The van der Waals surface area contributed by atoms with Gasteiger partial charge in [0.25, 0.3) is 5.91 Å². The fourth-order valence-corrected chi connectivity index (χ4v) is 3.63. The summed E-state index contributed by atoms with van der Waals surface area (Å²) in [7, 11) is 1.75. The van der Waals surface area contributed by atoms with Gasteiger partial charge in [-0.3, -0.25) is 9.59 Å². The molecule has 6 heteroatoms. The molecule has 0 aliphatic carbocycles. The molecular formula is C24H24N4O2. The summed E-state index contributed by atoms with van der Waals surface area (Å²) in [5.74, 6) is -0.376. The Morgan fingerprint density at radius 1 is 0.900 bits per heavy atom. The van der Waals surface area contributed by atoms with Crippen LogP contribution in [0.5, 0.6) is 0 Å². The second-order valence-electron chi connectivity index (χ2n) is 7.17. The van der Waals surface area contributed by atoms with Crippen LogP contribution in [0.2, 0.25) is 0 Å². The molecule has 0 unspecified atom stereocenters. The molecule has 152 valence electrons. The fraction of sp³-hybridized carbons (Fsp3) is 0.167. The molecule has 4 rings (SSSR count). The SMILES string of the molecule is CN1C(=O)[C@@H](NC(=O)CNc2ccccc2)CN(c2ccccc2)c2ccccc21. The summed E-state index contributed by atoms with van der Waals surface area (Å²) in [6.45, 7) is 0.442. The Hall–Kier alpha value is -3.80. The number of hydrogen-bond acceptors (Lipinski definition) is 4. The molecule has 2 N–H and O–H groups in total. The number of likely N-dealkylation sites (N-methyl/N-ethyl adjacent to an activating group) is 1. The molecule has 3 aromatic carbocycles. The van der Waals surface area contributed by atoms with Crippen molar-refractivity contribution in [1.29, 1.82) is 0 Å². The second-order valence-corrected chi connectivity index (χ2v) is 7.17. The van der Waals surface area contributed by atoms with E-state index in [-0.39, 0.29) is 18.4 Å². The van der Waals surface area contributed by atoms with Gasteiger partial charge < -0.3 is 20.4 Å². The number of fused-ring (bicyclic) bond motifs is 1. The van der Waals surface area contributed by atoms with E-state index in [0.717, 1.165) is 22.7 Å². The Morgan fingerprint density at radius 3 is 2.20 bits per heavy atom. The van der Waals surface area contributed by atoms with E-state index < -0.39 is 6.04 Å². The van der Waals surface area contributed by atoms with Crippen LogP contribution in [0.1, 0.15) is 0 Å². The smallest absolute Gasteiger partial charge is 0.251 e. The lowest BCUT2D eigenvalue weighted by Gasteiger charge is -2.27. The van der Waals surface area contributed by atoms with Gasteiger partial charge in [-0.25, -0.2) is 0 Å². The Labute approximate surface area is 176 Å². The van der Waals surface area contributed by atoms with Crippen LogP contribution in [-0.4, -0.2) is 38.0 Å². The monoisotopic (exact) mass is 400 g/mol. The van der Waals surface area contributed by atoms with Gasteiger partial charge in [0.1, 0.15) is 6.04 Å². The number of para-hydroxylation sites is 4. The quantitative estimate of drug-likeness (QED) is 0.689. The fourth-order valence-electron chi connectivity index (χ4n) is 3.63. The van der Waals surface area contributed by atoms with Crippen molar-refractivity contribution in [3.05, 3.63) is 84.9 Å². The molecule has 0 bridgehead atoms. The average Bonchev–Trinajstić information content (AvgIpc) is 2.90. The maximum absolute atomic E-state index is 13.2. The van der Waals surface area contributed by atoms with Crippen molar-refractivity contribution < 1.29 is 9.59 Å². The zero-order valence-electron chi connectivity index (χ0n) is 16.8. The number of nitrogens with one attached hydrogen (secondary N) is 2. The molecular weight excluding hydrogens is 376 g/mol. The van der Waals surface area contributed by atoms with E-state index in [9.17, 15) is 9.59 Å². The van der Waals surface area contributed by atoms with E-state index in [1.165, 1.54) is 0 Å². The lowest BCUT2D eigenvalue weighted by molar-refractivity contribution is -0.126. The highest BCUT2D eigenvalue weighted by Gasteiger charge is 2.33. The van der Waals surface area contributed by atoms with E-state index in [4.69, 9.17) is 0 Å². The van der Waals surface area contributed by atoms with Crippen molar-refractivity contribution in [3.8, 4) is 0 Å². The van der Waals surface area contributed by atoms with Gasteiger partial charge in [0.2, 0.25) is 5.91 Å².